The van der Waals surface area contributed by atoms with Crippen molar-refractivity contribution in [2.75, 3.05) is 29.2 Å². The minimum Gasteiger partial charge on any atom is -0.495 e. The Morgan fingerprint density at radius 3 is 2.50 bits per heavy atom. The Balaban J connectivity index is 1.69. The number of rotatable bonds is 5. The van der Waals surface area contributed by atoms with E-state index in [1.807, 2.05) is 0 Å². The lowest BCUT2D eigenvalue weighted by Crippen LogP contribution is -2.28. The summed E-state index contributed by atoms with van der Waals surface area (Å²) in [5, 5.41) is 5.94. The molecule has 2 N–H and O–H groups in total. The highest BCUT2D eigenvalue weighted by Gasteiger charge is 2.35. The Labute approximate surface area is 167 Å². The number of carbonyl (C=O) groups is 3. The molecule has 1 aliphatic rings. The zero-order chi connectivity index (χ0) is 20.3. The van der Waals surface area contributed by atoms with Gasteiger partial charge in [0.15, 0.2) is 0 Å². The summed E-state index contributed by atoms with van der Waals surface area (Å²) < 4.78 is 5.23. The normalized spacial score (nSPS) is 16.0. The zero-order valence-electron chi connectivity index (χ0n) is 15.5. The van der Waals surface area contributed by atoms with E-state index in [0.717, 1.165) is 0 Å². The smallest absolute Gasteiger partial charge is 0.229 e. The van der Waals surface area contributed by atoms with Crippen molar-refractivity contribution in [2.45, 2.75) is 13.3 Å². The highest BCUT2D eigenvalue weighted by molar-refractivity contribution is 6.31. The summed E-state index contributed by atoms with van der Waals surface area (Å²) in [4.78, 5) is 37.7. The molecule has 28 heavy (non-hydrogen) atoms. The van der Waals surface area contributed by atoms with Crippen molar-refractivity contribution in [3.8, 4) is 5.75 Å². The summed E-state index contributed by atoms with van der Waals surface area (Å²) in [5.74, 6) is -0.575. The summed E-state index contributed by atoms with van der Waals surface area (Å²) in [6, 6.07) is 11.9. The van der Waals surface area contributed by atoms with Crippen LogP contribution in [-0.2, 0) is 14.4 Å². The minimum atomic E-state index is -0.494. The van der Waals surface area contributed by atoms with E-state index in [1.54, 1.807) is 47.4 Å². The Hall–Kier alpha value is -3.06. The van der Waals surface area contributed by atoms with Crippen LogP contribution < -0.4 is 20.3 Å². The lowest BCUT2D eigenvalue weighted by atomic mass is 10.1. The van der Waals surface area contributed by atoms with E-state index in [0.29, 0.717) is 27.8 Å². The number of carbonyl (C=O) groups excluding carboxylic acids is 3. The molecule has 0 saturated carbocycles. The molecule has 146 valence electrons. The highest BCUT2D eigenvalue weighted by Crippen LogP contribution is 2.30. The topological polar surface area (TPSA) is 87.7 Å². The maximum absolute atomic E-state index is 12.7. The Morgan fingerprint density at radius 1 is 1.14 bits per heavy atom. The largest absolute Gasteiger partial charge is 0.495 e. The number of amides is 3. The van der Waals surface area contributed by atoms with Gasteiger partial charge in [-0.15, -0.1) is 0 Å². The van der Waals surface area contributed by atoms with E-state index in [-0.39, 0.29) is 30.7 Å². The van der Waals surface area contributed by atoms with Gasteiger partial charge in [-0.25, -0.2) is 0 Å². The van der Waals surface area contributed by atoms with Crippen LogP contribution in [0.5, 0.6) is 5.75 Å². The number of anilines is 3. The molecule has 0 aliphatic carbocycles. The number of benzene rings is 2. The van der Waals surface area contributed by atoms with Gasteiger partial charge in [-0.2, -0.15) is 0 Å². The predicted molar refractivity (Wildman–Crippen MR) is 108 cm³/mol. The first-order valence-corrected chi connectivity index (χ1v) is 9.07. The molecule has 0 radical (unpaired) electrons. The minimum absolute atomic E-state index is 0.113. The lowest BCUT2D eigenvalue weighted by Gasteiger charge is -2.17. The third kappa shape index (κ3) is 4.43. The van der Waals surface area contributed by atoms with Crippen LogP contribution in [0.15, 0.2) is 42.5 Å². The number of halogens is 1. The molecule has 0 bridgehead atoms. The number of nitrogens with zero attached hydrogens (tertiary/aromatic N) is 1. The molecule has 0 aromatic heterocycles. The lowest BCUT2D eigenvalue weighted by molar-refractivity contribution is -0.122. The van der Waals surface area contributed by atoms with E-state index in [9.17, 15) is 14.4 Å². The zero-order valence-corrected chi connectivity index (χ0v) is 16.2. The van der Waals surface area contributed by atoms with Gasteiger partial charge in [0.1, 0.15) is 5.75 Å². The van der Waals surface area contributed by atoms with Crippen molar-refractivity contribution in [3.05, 3.63) is 47.5 Å². The van der Waals surface area contributed by atoms with Gasteiger partial charge in [0.25, 0.3) is 0 Å². The van der Waals surface area contributed by atoms with Crippen molar-refractivity contribution < 1.29 is 19.1 Å². The third-order valence-corrected chi connectivity index (χ3v) is 4.65. The molecule has 0 spiro atoms. The van der Waals surface area contributed by atoms with E-state index < -0.39 is 5.92 Å². The van der Waals surface area contributed by atoms with Crippen LogP contribution in [0.4, 0.5) is 17.1 Å². The van der Waals surface area contributed by atoms with Crippen LogP contribution in [-0.4, -0.2) is 31.4 Å². The number of methoxy groups -OCH3 is 1. The number of nitrogens with one attached hydrogen (secondary N) is 2. The van der Waals surface area contributed by atoms with Gasteiger partial charge in [-0.3, -0.25) is 14.4 Å². The monoisotopic (exact) mass is 401 g/mol. The molecule has 1 aliphatic heterocycles. The molecule has 8 heteroatoms. The van der Waals surface area contributed by atoms with E-state index in [1.165, 1.54) is 14.0 Å². The highest BCUT2D eigenvalue weighted by atomic mass is 35.5. The molecule has 7 nitrogen and oxygen atoms in total. The van der Waals surface area contributed by atoms with Gasteiger partial charge >= 0.3 is 0 Å². The fourth-order valence-corrected chi connectivity index (χ4v) is 3.25. The number of hydrogen-bond acceptors (Lipinski definition) is 4. The van der Waals surface area contributed by atoms with Crippen LogP contribution in [0.1, 0.15) is 13.3 Å². The molecule has 3 rings (SSSR count). The van der Waals surface area contributed by atoms with E-state index in [4.69, 9.17) is 16.3 Å². The van der Waals surface area contributed by atoms with E-state index in [2.05, 4.69) is 10.6 Å². The maximum atomic E-state index is 12.7. The summed E-state index contributed by atoms with van der Waals surface area (Å²) >= 11 is 5.99. The average Bonchev–Trinajstić information content (AvgIpc) is 3.04. The van der Waals surface area contributed by atoms with Gasteiger partial charge in [-0.1, -0.05) is 11.6 Å². The van der Waals surface area contributed by atoms with Crippen molar-refractivity contribution in [2.24, 2.45) is 5.92 Å². The molecule has 1 heterocycles. The standard InChI is InChI=1S/C20H20ClN3O4/c1-12(25)22-15-4-6-16(7-5-15)24-11-13(9-19(24)26)20(27)23-17-10-14(21)3-8-18(17)28-2/h3-8,10,13H,9,11H2,1-2H3,(H,22,25)(H,23,27). The molecule has 1 fully saturated rings. The van der Waals surface area contributed by atoms with Crippen LogP contribution in [0, 0.1) is 5.92 Å². The van der Waals surface area contributed by atoms with Gasteiger partial charge in [0.2, 0.25) is 17.7 Å². The second kappa shape index (κ2) is 8.31. The first kappa shape index (κ1) is 19.7. The molecule has 1 saturated heterocycles. The third-order valence-electron chi connectivity index (χ3n) is 4.41. The van der Waals surface area contributed by atoms with Crippen molar-refractivity contribution >= 4 is 46.4 Å². The molecule has 2 aromatic carbocycles. The molecule has 1 unspecified atom stereocenters. The van der Waals surface area contributed by atoms with Crippen LogP contribution in [0.2, 0.25) is 5.02 Å². The first-order valence-electron chi connectivity index (χ1n) is 8.70. The summed E-state index contributed by atoms with van der Waals surface area (Å²) in [5.41, 5.74) is 1.78. The van der Waals surface area contributed by atoms with Crippen molar-refractivity contribution in [1.82, 2.24) is 0 Å². The molecule has 1 atom stereocenters. The van der Waals surface area contributed by atoms with Crippen LogP contribution in [0.3, 0.4) is 0 Å². The Bertz CT molecular complexity index is 914. The Kier molecular flexibility index (Phi) is 5.84. The average molecular weight is 402 g/mol. The van der Waals surface area contributed by atoms with Gasteiger partial charge in [0.05, 0.1) is 18.7 Å². The fourth-order valence-electron chi connectivity index (χ4n) is 3.07. The quantitative estimate of drug-likeness (QED) is 0.804. The molecular formula is C20H20ClN3O4. The SMILES string of the molecule is COc1ccc(Cl)cc1NC(=O)C1CC(=O)N(c2ccc(NC(C)=O)cc2)C1. The van der Waals surface area contributed by atoms with E-state index >= 15 is 0 Å². The summed E-state index contributed by atoms with van der Waals surface area (Å²) in [6.45, 7) is 1.70. The number of hydrogen-bond donors (Lipinski definition) is 2. The summed E-state index contributed by atoms with van der Waals surface area (Å²) in [6.07, 6.45) is 0.113. The van der Waals surface area contributed by atoms with Crippen molar-refractivity contribution in [3.63, 3.8) is 0 Å². The summed E-state index contributed by atoms with van der Waals surface area (Å²) in [7, 11) is 1.50. The number of ether oxygens (including phenoxy) is 1. The Morgan fingerprint density at radius 2 is 1.86 bits per heavy atom. The molecule has 3 amide bonds. The van der Waals surface area contributed by atoms with Gasteiger partial charge in [-0.05, 0) is 42.5 Å². The van der Waals surface area contributed by atoms with Crippen LogP contribution in [0.25, 0.3) is 0 Å². The van der Waals surface area contributed by atoms with Crippen LogP contribution >= 0.6 is 11.6 Å². The maximum Gasteiger partial charge on any atom is 0.229 e. The second-order valence-electron chi connectivity index (χ2n) is 6.47. The predicted octanol–water partition coefficient (Wildman–Crippen LogP) is 3.30. The molecule has 2 aromatic rings. The van der Waals surface area contributed by atoms with Gasteiger partial charge in [0, 0.05) is 36.3 Å². The second-order valence-corrected chi connectivity index (χ2v) is 6.90. The van der Waals surface area contributed by atoms with Gasteiger partial charge < -0.3 is 20.3 Å². The molecular weight excluding hydrogens is 382 g/mol. The fraction of sp³-hybridized carbons (Fsp3) is 0.250. The first-order chi connectivity index (χ1) is 13.4. The van der Waals surface area contributed by atoms with Crippen molar-refractivity contribution in [1.29, 1.82) is 0 Å².